The lowest BCUT2D eigenvalue weighted by Crippen LogP contribution is -2.58. The number of ether oxygens (including phenoxy) is 4. The van der Waals surface area contributed by atoms with E-state index in [-0.39, 0.29) is 23.9 Å². The Bertz CT molecular complexity index is 1030. The minimum absolute atomic E-state index is 0.121. The van der Waals surface area contributed by atoms with Gasteiger partial charge < -0.3 is 39.6 Å². The molecule has 0 unspecified atom stereocenters. The van der Waals surface area contributed by atoms with Gasteiger partial charge in [0.05, 0.1) is 43.8 Å². The molecule has 10 heteroatoms. The molecular formula is C32H51N3O7. The number of piperidine rings is 1. The van der Waals surface area contributed by atoms with Gasteiger partial charge >= 0.3 is 0 Å². The zero-order chi connectivity index (χ0) is 30.1. The topological polar surface area (TPSA) is 119 Å². The van der Waals surface area contributed by atoms with Gasteiger partial charge in [-0.25, -0.2) is 0 Å². The van der Waals surface area contributed by atoms with Crippen LogP contribution in [-0.4, -0.2) is 93.2 Å². The monoisotopic (exact) mass is 589 g/mol. The molecule has 1 aromatic carbocycles. The van der Waals surface area contributed by atoms with E-state index in [4.69, 9.17) is 18.9 Å². The van der Waals surface area contributed by atoms with Crippen LogP contribution in [0.1, 0.15) is 64.0 Å². The molecule has 1 saturated carbocycles. The van der Waals surface area contributed by atoms with Crippen LogP contribution in [0.4, 0.5) is 0 Å². The molecule has 0 spiro atoms. The summed E-state index contributed by atoms with van der Waals surface area (Å²) in [6.45, 7) is 10.0. The van der Waals surface area contributed by atoms with Crippen LogP contribution in [0.15, 0.2) is 12.1 Å². The molecule has 0 radical (unpaired) electrons. The fourth-order valence-corrected chi connectivity index (χ4v) is 5.97. The van der Waals surface area contributed by atoms with Crippen molar-refractivity contribution in [2.45, 2.75) is 84.0 Å². The van der Waals surface area contributed by atoms with Crippen molar-refractivity contribution in [1.82, 2.24) is 15.5 Å². The number of aliphatic hydroxyl groups excluding tert-OH is 1. The Labute approximate surface area is 250 Å². The van der Waals surface area contributed by atoms with E-state index in [1.54, 1.807) is 7.11 Å². The second-order valence-corrected chi connectivity index (χ2v) is 12.3. The Morgan fingerprint density at radius 1 is 1.19 bits per heavy atom. The molecule has 3 N–H and O–H groups in total. The molecule has 2 heterocycles. The third-order valence-corrected chi connectivity index (χ3v) is 8.26. The summed E-state index contributed by atoms with van der Waals surface area (Å²) < 4.78 is 22.9. The first kappa shape index (κ1) is 32.5. The zero-order valence-electron chi connectivity index (χ0n) is 25.9. The van der Waals surface area contributed by atoms with Crippen molar-refractivity contribution in [3.8, 4) is 11.5 Å². The summed E-state index contributed by atoms with van der Waals surface area (Å²) in [4.78, 5) is 29.2. The number of fused-ring (bicyclic) bond motifs is 1. The Balaban J connectivity index is 1.46. The van der Waals surface area contributed by atoms with E-state index in [0.29, 0.717) is 58.6 Å². The van der Waals surface area contributed by atoms with Crippen molar-refractivity contribution >= 4 is 11.8 Å². The lowest BCUT2D eigenvalue weighted by atomic mass is 9.85. The molecule has 1 aliphatic carbocycles. The molecule has 4 rings (SSSR count). The molecule has 1 aromatic rings. The van der Waals surface area contributed by atoms with Gasteiger partial charge in [-0.1, -0.05) is 13.8 Å². The molecule has 3 aliphatic rings. The van der Waals surface area contributed by atoms with Crippen LogP contribution >= 0.6 is 0 Å². The summed E-state index contributed by atoms with van der Waals surface area (Å²) in [5.41, 5.74) is 2.02. The number of hydrogen-bond acceptors (Lipinski definition) is 8. The first-order chi connectivity index (χ1) is 20.3. The molecule has 2 aliphatic heterocycles. The van der Waals surface area contributed by atoms with Crippen LogP contribution in [0.3, 0.4) is 0 Å². The maximum atomic E-state index is 14.0. The highest BCUT2D eigenvalue weighted by Gasteiger charge is 2.44. The minimum Gasteiger partial charge on any atom is -0.493 e. The third-order valence-electron chi connectivity index (χ3n) is 8.26. The van der Waals surface area contributed by atoms with Crippen molar-refractivity contribution in [2.24, 2.45) is 17.8 Å². The van der Waals surface area contributed by atoms with Gasteiger partial charge in [-0.3, -0.25) is 9.59 Å². The number of methoxy groups -OCH3 is 1. The molecule has 10 nitrogen and oxygen atoms in total. The van der Waals surface area contributed by atoms with E-state index in [1.165, 1.54) is 0 Å². The van der Waals surface area contributed by atoms with Gasteiger partial charge in [-0.05, 0) is 62.6 Å². The Kier molecular flexibility index (Phi) is 12.3. The lowest BCUT2D eigenvalue weighted by Gasteiger charge is -2.37. The standard InChI is InChI=1S/C32H51N3O7/c1-5-40-20-23(14-21(2)3)34-31(37)26-17-33-18-27(30(26)36)32(38)35(24-9-10-24)19-22-15-28-25(8-6-12-41-28)29(16-22)42-13-7-11-39-4/h15-16,21,23-24,26-27,30,33,36H,5-14,17-20H2,1-4H3,(H,34,37)/t23-,26-,27+,30-/m1/s1. The predicted molar refractivity (Wildman–Crippen MR) is 160 cm³/mol. The SMILES string of the molecule is CCOC[C@@H](CC(C)C)NC(=O)[C@@H]1CNC[C@H](C(=O)N(Cc2cc(OCCCOC)c3c(c2)OCCC3)C2CC2)[C@@H]1O. The molecule has 2 fully saturated rings. The summed E-state index contributed by atoms with van der Waals surface area (Å²) in [6.07, 6.45) is 4.20. The first-order valence-electron chi connectivity index (χ1n) is 15.8. The number of hydrogen-bond donors (Lipinski definition) is 3. The van der Waals surface area contributed by atoms with Crippen molar-refractivity contribution in [3.05, 3.63) is 23.3 Å². The summed E-state index contributed by atoms with van der Waals surface area (Å²) in [5.74, 6) is 0.237. The van der Waals surface area contributed by atoms with Gasteiger partial charge in [-0.15, -0.1) is 0 Å². The summed E-state index contributed by atoms with van der Waals surface area (Å²) >= 11 is 0. The molecule has 42 heavy (non-hydrogen) atoms. The van der Waals surface area contributed by atoms with Crippen LogP contribution in [0.2, 0.25) is 0 Å². The van der Waals surface area contributed by atoms with Crippen molar-refractivity contribution in [2.75, 3.05) is 53.2 Å². The van der Waals surface area contributed by atoms with E-state index in [2.05, 4.69) is 24.5 Å². The molecule has 0 aromatic heterocycles. The number of rotatable bonds is 16. The summed E-state index contributed by atoms with van der Waals surface area (Å²) in [7, 11) is 1.68. The second-order valence-electron chi connectivity index (χ2n) is 12.3. The highest BCUT2D eigenvalue weighted by Crippen LogP contribution is 2.37. The average molecular weight is 590 g/mol. The van der Waals surface area contributed by atoms with Gasteiger partial charge in [0.2, 0.25) is 11.8 Å². The molecule has 4 atom stereocenters. The van der Waals surface area contributed by atoms with Gasteiger partial charge in [0.25, 0.3) is 0 Å². The Hall–Kier alpha value is -2.40. The quantitative estimate of drug-likeness (QED) is 0.252. The van der Waals surface area contributed by atoms with E-state index in [9.17, 15) is 14.7 Å². The van der Waals surface area contributed by atoms with Crippen molar-refractivity contribution < 1.29 is 33.6 Å². The highest BCUT2D eigenvalue weighted by molar-refractivity contribution is 5.84. The van der Waals surface area contributed by atoms with Crippen LogP contribution < -0.4 is 20.1 Å². The number of nitrogens with one attached hydrogen (secondary N) is 2. The number of carbonyl (C=O) groups is 2. The maximum absolute atomic E-state index is 14.0. The number of benzene rings is 1. The smallest absolute Gasteiger partial charge is 0.230 e. The number of aliphatic hydroxyl groups is 1. The fraction of sp³-hybridized carbons (Fsp3) is 0.750. The average Bonchev–Trinajstić information content (AvgIpc) is 3.82. The van der Waals surface area contributed by atoms with Crippen molar-refractivity contribution in [3.63, 3.8) is 0 Å². The fourth-order valence-electron chi connectivity index (χ4n) is 5.97. The van der Waals surface area contributed by atoms with E-state index < -0.39 is 17.9 Å². The Morgan fingerprint density at radius 2 is 1.98 bits per heavy atom. The number of carbonyl (C=O) groups excluding carboxylic acids is 2. The van der Waals surface area contributed by atoms with Crippen LogP contribution in [-0.2, 0) is 32.0 Å². The van der Waals surface area contributed by atoms with Gasteiger partial charge in [0.15, 0.2) is 0 Å². The zero-order valence-corrected chi connectivity index (χ0v) is 25.9. The van der Waals surface area contributed by atoms with E-state index >= 15 is 0 Å². The normalized spacial score (nSPS) is 22.7. The molecule has 236 valence electrons. The molecule has 2 amide bonds. The van der Waals surface area contributed by atoms with E-state index in [0.717, 1.165) is 61.2 Å². The van der Waals surface area contributed by atoms with Gasteiger partial charge in [-0.2, -0.15) is 0 Å². The third kappa shape index (κ3) is 8.81. The van der Waals surface area contributed by atoms with Crippen molar-refractivity contribution in [1.29, 1.82) is 0 Å². The minimum atomic E-state index is -1.07. The summed E-state index contributed by atoms with van der Waals surface area (Å²) in [6, 6.07) is 4.05. The predicted octanol–water partition coefficient (Wildman–Crippen LogP) is 2.68. The molecule has 1 saturated heterocycles. The maximum Gasteiger partial charge on any atom is 0.230 e. The van der Waals surface area contributed by atoms with Crippen LogP contribution in [0.25, 0.3) is 0 Å². The number of nitrogens with zero attached hydrogens (tertiary/aromatic N) is 1. The van der Waals surface area contributed by atoms with Crippen LogP contribution in [0, 0.1) is 17.8 Å². The van der Waals surface area contributed by atoms with Gasteiger partial charge in [0, 0.05) is 58.0 Å². The molecule has 0 bridgehead atoms. The summed E-state index contributed by atoms with van der Waals surface area (Å²) in [5, 5.41) is 17.7. The van der Waals surface area contributed by atoms with E-state index in [1.807, 2.05) is 24.0 Å². The van der Waals surface area contributed by atoms with Gasteiger partial charge in [0.1, 0.15) is 11.5 Å². The second kappa shape index (κ2) is 15.9. The number of amides is 2. The Morgan fingerprint density at radius 3 is 2.69 bits per heavy atom. The lowest BCUT2D eigenvalue weighted by molar-refractivity contribution is -0.146. The first-order valence-corrected chi connectivity index (χ1v) is 15.8. The largest absolute Gasteiger partial charge is 0.493 e. The molecular weight excluding hydrogens is 538 g/mol. The van der Waals surface area contributed by atoms with Crippen LogP contribution in [0.5, 0.6) is 11.5 Å². The highest BCUT2D eigenvalue weighted by atomic mass is 16.5.